The topological polar surface area (TPSA) is 237 Å². The number of phosphoric acid groups is 2. The van der Waals surface area contributed by atoms with Crippen molar-refractivity contribution in [3.63, 3.8) is 0 Å². The van der Waals surface area contributed by atoms with E-state index in [1.54, 1.807) is 0 Å². The van der Waals surface area contributed by atoms with Gasteiger partial charge in [0.25, 0.3) is 0 Å². The van der Waals surface area contributed by atoms with Gasteiger partial charge in [0, 0.05) is 25.7 Å². The molecule has 0 heterocycles. The van der Waals surface area contributed by atoms with Crippen LogP contribution in [0.4, 0.5) is 0 Å². The van der Waals surface area contributed by atoms with Crippen molar-refractivity contribution in [2.24, 2.45) is 0 Å². The van der Waals surface area contributed by atoms with Gasteiger partial charge in [0.2, 0.25) is 0 Å². The Labute approximate surface area is 606 Å². The molecule has 0 radical (unpaired) electrons. The van der Waals surface area contributed by atoms with E-state index in [0.29, 0.717) is 32.1 Å². The second kappa shape index (κ2) is 72.8. The van der Waals surface area contributed by atoms with Crippen molar-refractivity contribution in [1.82, 2.24) is 0 Å². The third kappa shape index (κ3) is 71.8. The van der Waals surface area contributed by atoms with Gasteiger partial charge in [0.1, 0.15) is 19.3 Å². The molecular formula is C81H138O17P2. The van der Waals surface area contributed by atoms with Crippen molar-refractivity contribution in [2.75, 3.05) is 39.6 Å². The predicted molar refractivity (Wildman–Crippen MR) is 408 cm³/mol. The number of ether oxygens (including phenoxy) is 4. The Kier molecular flexibility index (Phi) is 69.5. The van der Waals surface area contributed by atoms with Gasteiger partial charge in [-0.05, 0) is 128 Å². The summed E-state index contributed by atoms with van der Waals surface area (Å²) in [6, 6.07) is 0. The molecule has 0 aliphatic carbocycles. The van der Waals surface area contributed by atoms with Crippen molar-refractivity contribution < 1.29 is 80.2 Å². The zero-order valence-electron chi connectivity index (χ0n) is 62.6. The molecule has 0 aliphatic heterocycles. The monoisotopic (exact) mass is 1440 g/mol. The van der Waals surface area contributed by atoms with E-state index in [9.17, 15) is 43.2 Å². The van der Waals surface area contributed by atoms with Gasteiger partial charge in [-0.2, -0.15) is 0 Å². The van der Waals surface area contributed by atoms with Crippen LogP contribution < -0.4 is 0 Å². The zero-order valence-corrected chi connectivity index (χ0v) is 64.4. The van der Waals surface area contributed by atoms with Crippen LogP contribution >= 0.6 is 15.6 Å². The van der Waals surface area contributed by atoms with Crippen molar-refractivity contribution in [2.45, 2.75) is 329 Å². The molecule has 574 valence electrons. The van der Waals surface area contributed by atoms with Crippen molar-refractivity contribution in [3.8, 4) is 0 Å². The Morgan fingerprint density at radius 1 is 0.290 bits per heavy atom. The van der Waals surface area contributed by atoms with Gasteiger partial charge in [0.15, 0.2) is 12.2 Å². The summed E-state index contributed by atoms with van der Waals surface area (Å²) in [5, 5.41) is 10.6. The number of aliphatic hydroxyl groups is 1. The summed E-state index contributed by atoms with van der Waals surface area (Å²) in [5.74, 6) is -2.27. The first kappa shape index (κ1) is 95.5. The molecule has 0 amide bonds. The maximum atomic E-state index is 13.1. The third-order valence-electron chi connectivity index (χ3n) is 15.9. The largest absolute Gasteiger partial charge is 0.472 e. The fourth-order valence-corrected chi connectivity index (χ4v) is 11.6. The molecule has 0 aromatic carbocycles. The lowest BCUT2D eigenvalue weighted by Gasteiger charge is -2.21. The number of hydrogen-bond donors (Lipinski definition) is 3. The van der Waals surface area contributed by atoms with Crippen LogP contribution in [0.1, 0.15) is 310 Å². The minimum atomic E-state index is -4.99. The normalized spacial score (nSPS) is 14.6. The SMILES string of the molecule is CC/C=C\C/C=C\C/C=C\C/C=C\C/C=C\CCCC(=O)OCC(COP(=O)(O)OCC(O)COP(=O)(O)OCC(COC(=O)CCCCCCC/C=C\C/C=C\C/C=C\CC)OC(=O)CCCCCCC/C=C\C/C=C\CCCCC)OC(=O)CCCCCCCCCCCCCCC. The molecule has 0 bridgehead atoms. The fourth-order valence-electron chi connectivity index (χ4n) is 10.1. The molecule has 0 aromatic heterocycles. The zero-order chi connectivity index (χ0) is 73.2. The summed E-state index contributed by atoms with van der Waals surface area (Å²) in [6.07, 6.45) is 79.0. The van der Waals surface area contributed by atoms with E-state index in [1.807, 2.05) is 12.2 Å². The number of aliphatic hydroxyl groups excluding tert-OH is 1. The van der Waals surface area contributed by atoms with Crippen LogP contribution in [0.25, 0.3) is 0 Å². The molecule has 0 aliphatic rings. The van der Waals surface area contributed by atoms with Gasteiger partial charge < -0.3 is 33.8 Å². The Morgan fingerprint density at radius 3 is 0.860 bits per heavy atom. The van der Waals surface area contributed by atoms with Crippen LogP contribution in [0.5, 0.6) is 0 Å². The van der Waals surface area contributed by atoms with E-state index in [-0.39, 0.29) is 25.7 Å². The molecule has 3 N–H and O–H groups in total. The van der Waals surface area contributed by atoms with Crippen molar-refractivity contribution >= 4 is 39.5 Å². The lowest BCUT2D eigenvalue weighted by molar-refractivity contribution is -0.161. The van der Waals surface area contributed by atoms with Gasteiger partial charge >= 0.3 is 39.5 Å². The van der Waals surface area contributed by atoms with Gasteiger partial charge in [-0.3, -0.25) is 37.3 Å². The third-order valence-corrected chi connectivity index (χ3v) is 17.8. The number of allylic oxidation sites excluding steroid dienone is 20. The summed E-state index contributed by atoms with van der Waals surface area (Å²) in [7, 11) is -9.97. The molecule has 0 rings (SSSR count). The highest BCUT2D eigenvalue weighted by molar-refractivity contribution is 7.47. The molecule has 17 nitrogen and oxygen atoms in total. The number of hydrogen-bond acceptors (Lipinski definition) is 15. The van der Waals surface area contributed by atoms with Gasteiger partial charge in [-0.15, -0.1) is 0 Å². The van der Waals surface area contributed by atoms with E-state index < -0.39 is 97.5 Å². The second-order valence-corrected chi connectivity index (χ2v) is 28.4. The molecule has 0 aromatic rings. The Morgan fingerprint density at radius 2 is 0.530 bits per heavy atom. The maximum Gasteiger partial charge on any atom is 0.472 e. The smallest absolute Gasteiger partial charge is 0.462 e. The van der Waals surface area contributed by atoms with Crippen LogP contribution in [0.3, 0.4) is 0 Å². The van der Waals surface area contributed by atoms with E-state index in [2.05, 4.69) is 137 Å². The maximum absolute atomic E-state index is 13.1. The highest BCUT2D eigenvalue weighted by atomic mass is 31.2. The van der Waals surface area contributed by atoms with Crippen LogP contribution in [0.2, 0.25) is 0 Å². The number of phosphoric ester groups is 2. The van der Waals surface area contributed by atoms with Crippen LogP contribution in [-0.4, -0.2) is 96.7 Å². The summed E-state index contributed by atoms with van der Waals surface area (Å²) in [5.41, 5.74) is 0. The summed E-state index contributed by atoms with van der Waals surface area (Å²) in [4.78, 5) is 72.9. The molecule has 5 atom stereocenters. The molecule has 19 heteroatoms. The second-order valence-electron chi connectivity index (χ2n) is 25.5. The molecule has 0 spiro atoms. The van der Waals surface area contributed by atoms with E-state index in [4.69, 9.17) is 37.0 Å². The van der Waals surface area contributed by atoms with E-state index in [1.165, 1.54) is 70.6 Å². The standard InChI is InChI=1S/C81H138O17P2/c1-5-9-13-17-21-25-29-33-36-37-40-43-46-50-54-58-62-66-79(84)92-71-76(97-80(85)67-63-59-55-51-47-41-32-28-24-20-16-12-8-4)73-95-99(87,88)93-69-75(82)70-94-100(89,90)96-74-77(98-81(86)68-64-60-56-52-48-44-39-35-31-27-23-19-15-11-7-3)72-91-78(83)65-61-57-53-49-45-42-38-34-30-26-22-18-14-10-6-2/h9-10,13-14,21-23,25-27,33-36,38-40,43,50,54,75-77,82H,5-8,11-12,15-20,24,28-32,37,41-42,44-49,51-53,55-74H2,1-4H3,(H,87,88)(H,89,90)/b13-9-,14-10-,25-21-,26-22-,27-23-,36-33-,38-34-,39-35-,43-40-,54-50-. The van der Waals surface area contributed by atoms with Gasteiger partial charge in [0.05, 0.1) is 26.4 Å². The van der Waals surface area contributed by atoms with Crippen molar-refractivity contribution in [1.29, 1.82) is 0 Å². The highest BCUT2D eigenvalue weighted by Crippen LogP contribution is 2.45. The molecule has 5 unspecified atom stereocenters. The minimum absolute atomic E-state index is 0.0723. The van der Waals surface area contributed by atoms with E-state index >= 15 is 0 Å². The number of carbonyl (C=O) groups is 4. The predicted octanol–water partition coefficient (Wildman–Crippen LogP) is 22.3. The summed E-state index contributed by atoms with van der Waals surface area (Å²) >= 11 is 0. The van der Waals surface area contributed by atoms with Crippen LogP contribution in [0, 0.1) is 0 Å². The first-order valence-electron chi connectivity index (χ1n) is 38.8. The molecular weight excluding hydrogens is 1310 g/mol. The van der Waals surface area contributed by atoms with Crippen molar-refractivity contribution in [3.05, 3.63) is 122 Å². The lowest BCUT2D eigenvalue weighted by atomic mass is 10.0. The first-order chi connectivity index (χ1) is 48.7. The summed E-state index contributed by atoms with van der Waals surface area (Å²) in [6.45, 7) is 4.53. The molecule has 0 saturated carbocycles. The van der Waals surface area contributed by atoms with Gasteiger partial charge in [-0.25, -0.2) is 9.13 Å². The van der Waals surface area contributed by atoms with E-state index in [0.717, 1.165) is 154 Å². The number of rotatable bonds is 72. The average molecular weight is 1450 g/mol. The number of esters is 4. The number of carbonyl (C=O) groups excluding carboxylic acids is 4. The summed E-state index contributed by atoms with van der Waals surface area (Å²) < 4.78 is 68.4. The molecule has 100 heavy (non-hydrogen) atoms. The molecule has 0 fully saturated rings. The lowest BCUT2D eigenvalue weighted by Crippen LogP contribution is -2.30. The number of unbranched alkanes of at least 4 members (excludes halogenated alkanes) is 26. The van der Waals surface area contributed by atoms with Gasteiger partial charge in [-0.1, -0.05) is 278 Å². The Bertz CT molecular complexity index is 2370. The van der Waals surface area contributed by atoms with Crippen LogP contribution in [0.15, 0.2) is 122 Å². The average Bonchev–Trinajstić information content (AvgIpc) is 0.965. The molecule has 0 saturated heterocycles. The first-order valence-corrected chi connectivity index (χ1v) is 41.8. The minimum Gasteiger partial charge on any atom is -0.462 e. The Balaban J connectivity index is 5.41. The Hall–Kier alpha value is -4.54. The fraction of sp³-hybridized carbons (Fsp3) is 0.704. The van der Waals surface area contributed by atoms with Crippen LogP contribution in [-0.2, 0) is 65.4 Å². The quantitative estimate of drug-likeness (QED) is 0.0169. The highest BCUT2D eigenvalue weighted by Gasteiger charge is 2.30.